The van der Waals surface area contributed by atoms with Gasteiger partial charge in [-0.2, -0.15) is 0 Å². The largest absolute Gasteiger partial charge is 0.497 e. The van der Waals surface area contributed by atoms with Crippen molar-refractivity contribution in [1.82, 2.24) is 0 Å². The normalized spacial score (nSPS) is 27.3. The second kappa shape index (κ2) is 6.36. The van der Waals surface area contributed by atoms with E-state index in [4.69, 9.17) is 14.5 Å². The number of aliphatic carboxylic acids is 1. The SMILES string of the molecule is COc1ccc(N=C2CC(C)(C)CC3=NC(C(=O)O)COC23)cc1. The molecule has 3 rings (SSSR count). The third kappa shape index (κ3) is 3.48. The highest BCUT2D eigenvalue weighted by molar-refractivity contribution is 6.14. The first-order valence-electron chi connectivity index (χ1n) is 8.00. The van der Waals surface area contributed by atoms with Crippen LogP contribution in [0.2, 0.25) is 0 Å². The number of ether oxygens (including phenoxy) is 2. The summed E-state index contributed by atoms with van der Waals surface area (Å²) in [5, 5.41) is 9.18. The first-order valence-corrected chi connectivity index (χ1v) is 8.00. The molecular formula is C18H22N2O4. The highest BCUT2D eigenvalue weighted by atomic mass is 16.5. The molecule has 1 fully saturated rings. The van der Waals surface area contributed by atoms with Crippen LogP contribution in [0.15, 0.2) is 34.3 Å². The second-order valence-corrected chi connectivity index (χ2v) is 7.01. The number of fused-ring (bicyclic) bond motifs is 1. The summed E-state index contributed by atoms with van der Waals surface area (Å²) >= 11 is 0. The van der Waals surface area contributed by atoms with Crippen molar-refractivity contribution < 1.29 is 19.4 Å². The lowest BCUT2D eigenvalue weighted by atomic mass is 9.73. The Hall–Kier alpha value is -2.21. The minimum atomic E-state index is -0.946. The van der Waals surface area contributed by atoms with E-state index in [9.17, 15) is 9.90 Å². The van der Waals surface area contributed by atoms with E-state index >= 15 is 0 Å². The Labute approximate surface area is 141 Å². The molecule has 2 aliphatic rings. The monoisotopic (exact) mass is 330 g/mol. The molecule has 2 unspecified atom stereocenters. The Morgan fingerprint density at radius 3 is 2.67 bits per heavy atom. The number of carboxylic acids is 1. The third-order valence-corrected chi connectivity index (χ3v) is 4.30. The number of carbonyl (C=O) groups is 1. The van der Waals surface area contributed by atoms with E-state index in [2.05, 4.69) is 18.8 Å². The molecular weight excluding hydrogens is 308 g/mol. The topological polar surface area (TPSA) is 80.5 Å². The smallest absolute Gasteiger partial charge is 0.330 e. The van der Waals surface area contributed by atoms with Gasteiger partial charge in [-0.15, -0.1) is 0 Å². The van der Waals surface area contributed by atoms with Gasteiger partial charge in [-0.25, -0.2) is 4.79 Å². The van der Waals surface area contributed by atoms with E-state index in [1.165, 1.54) is 0 Å². The Kier molecular flexibility index (Phi) is 4.41. The fourth-order valence-electron chi connectivity index (χ4n) is 3.20. The zero-order valence-corrected chi connectivity index (χ0v) is 14.2. The molecule has 0 saturated heterocycles. The van der Waals surface area contributed by atoms with E-state index < -0.39 is 12.0 Å². The summed E-state index contributed by atoms with van der Waals surface area (Å²) in [6, 6.07) is 6.71. The molecule has 128 valence electrons. The zero-order chi connectivity index (χ0) is 17.3. The number of hydrogen-bond acceptors (Lipinski definition) is 5. The van der Waals surface area contributed by atoms with Gasteiger partial charge in [0.15, 0.2) is 6.04 Å². The predicted octanol–water partition coefficient (Wildman–Crippen LogP) is 2.88. The van der Waals surface area contributed by atoms with Gasteiger partial charge in [0, 0.05) is 5.71 Å². The van der Waals surface area contributed by atoms with Gasteiger partial charge in [0.05, 0.1) is 25.1 Å². The Morgan fingerprint density at radius 2 is 2.04 bits per heavy atom. The molecule has 1 saturated carbocycles. The van der Waals surface area contributed by atoms with Crippen molar-refractivity contribution in [2.75, 3.05) is 13.7 Å². The van der Waals surface area contributed by atoms with Gasteiger partial charge in [-0.3, -0.25) is 9.98 Å². The molecule has 1 aliphatic carbocycles. The summed E-state index contributed by atoms with van der Waals surface area (Å²) in [7, 11) is 1.63. The first kappa shape index (κ1) is 16.6. The first-order chi connectivity index (χ1) is 11.4. The standard InChI is InChI=1S/C18H22N2O4/c1-18(2)8-13(19-11-4-6-12(23-3)7-5-11)16-14(9-18)20-15(10-24-16)17(21)22/h4-7,15-16H,8-10H2,1-3H3,(H,21,22). The summed E-state index contributed by atoms with van der Waals surface area (Å²) in [4.78, 5) is 20.4. The van der Waals surface area contributed by atoms with E-state index in [1.54, 1.807) is 7.11 Å². The molecule has 0 amide bonds. The number of methoxy groups -OCH3 is 1. The molecule has 1 aromatic rings. The van der Waals surface area contributed by atoms with Crippen LogP contribution in [0, 0.1) is 5.41 Å². The van der Waals surface area contributed by atoms with Gasteiger partial charge >= 0.3 is 5.97 Å². The summed E-state index contributed by atoms with van der Waals surface area (Å²) < 4.78 is 11.0. The maximum absolute atomic E-state index is 11.2. The van der Waals surface area contributed by atoms with Crippen LogP contribution >= 0.6 is 0 Å². The summed E-state index contributed by atoms with van der Waals surface area (Å²) in [6.07, 6.45) is 1.21. The fourth-order valence-corrected chi connectivity index (χ4v) is 3.20. The maximum Gasteiger partial charge on any atom is 0.330 e. The van der Waals surface area contributed by atoms with Crippen LogP contribution in [0.5, 0.6) is 5.75 Å². The average Bonchev–Trinajstić information content (AvgIpc) is 2.54. The number of carboxylic acid groups (broad SMARTS) is 1. The van der Waals surface area contributed by atoms with Crippen LogP contribution in [0.4, 0.5) is 5.69 Å². The number of rotatable bonds is 3. The quantitative estimate of drug-likeness (QED) is 0.924. The molecule has 2 atom stereocenters. The van der Waals surface area contributed by atoms with Crippen molar-refractivity contribution >= 4 is 23.1 Å². The molecule has 24 heavy (non-hydrogen) atoms. The maximum atomic E-state index is 11.2. The molecule has 0 spiro atoms. The number of benzene rings is 1. The minimum Gasteiger partial charge on any atom is -0.497 e. The molecule has 0 bridgehead atoms. The predicted molar refractivity (Wildman–Crippen MR) is 91.7 cm³/mol. The van der Waals surface area contributed by atoms with Crippen LogP contribution in [-0.4, -0.2) is 48.4 Å². The third-order valence-electron chi connectivity index (χ3n) is 4.30. The van der Waals surface area contributed by atoms with Crippen molar-refractivity contribution in [2.45, 2.75) is 38.8 Å². The van der Waals surface area contributed by atoms with Crippen LogP contribution in [0.25, 0.3) is 0 Å². The summed E-state index contributed by atoms with van der Waals surface area (Å²) in [6.45, 7) is 4.37. The Balaban J connectivity index is 1.93. The van der Waals surface area contributed by atoms with Gasteiger partial charge in [-0.1, -0.05) is 13.8 Å². The molecule has 0 aromatic heterocycles. The lowest BCUT2D eigenvalue weighted by Crippen LogP contribution is -2.48. The molecule has 6 heteroatoms. The Morgan fingerprint density at radius 1 is 1.33 bits per heavy atom. The lowest BCUT2D eigenvalue weighted by molar-refractivity contribution is -0.140. The van der Waals surface area contributed by atoms with E-state index in [1.807, 2.05) is 24.3 Å². The van der Waals surface area contributed by atoms with Crippen molar-refractivity contribution in [3.05, 3.63) is 24.3 Å². The minimum absolute atomic E-state index is 0.0234. The van der Waals surface area contributed by atoms with E-state index in [0.29, 0.717) is 0 Å². The van der Waals surface area contributed by atoms with Gasteiger partial charge < -0.3 is 14.6 Å². The molecule has 0 radical (unpaired) electrons. The van der Waals surface area contributed by atoms with Crippen molar-refractivity contribution in [3.63, 3.8) is 0 Å². The van der Waals surface area contributed by atoms with Gasteiger partial charge in [0.2, 0.25) is 0 Å². The summed E-state index contributed by atoms with van der Waals surface area (Å²) in [5.74, 6) is -0.165. The van der Waals surface area contributed by atoms with Gasteiger partial charge in [0.25, 0.3) is 0 Å². The molecule has 1 aromatic carbocycles. The molecule has 6 nitrogen and oxygen atoms in total. The lowest BCUT2D eigenvalue weighted by Gasteiger charge is -2.39. The average molecular weight is 330 g/mol. The van der Waals surface area contributed by atoms with Crippen molar-refractivity contribution in [3.8, 4) is 5.75 Å². The molecule has 1 N–H and O–H groups in total. The summed E-state index contributed by atoms with van der Waals surface area (Å²) in [5.41, 5.74) is 2.49. The van der Waals surface area contributed by atoms with E-state index in [0.717, 1.165) is 35.7 Å². The van der Waals surface area contributed by atoms with E-state index in [-0.39, 0.29) is 18.1 Å². The van der Waals surface area contributed by atoms with Crippen LogP contribution in [-0.2, 0) is 9.53 Å². The fraction of sp³-hybridized carbons (Fsp3) is 0.500. The highest BCUT2D eigenvalue weighted by Crippen LogP contribution is 2.36. The molecule has 1 heterocycles. The molecule has 1 aliphatic heterocycles. The highest BCUT2D eigenvalue weighted by Gasteiger charge is 2.41. The van der Waals surface area contributed by atoms with Crippen LogP contribution < -0.4 is 4.74 Å². The zero-order valence-electron chi connectivity index (χ0n) is 14.2. The number of hydrogen-bond donors (Lipinski definition) is 1. The number of aliphatic imine (C=N–C) groups is 2. The van der Waals surface area contributed by atoms with Gasteiger partial charge in [-0.05, 0) is 42.5 Å². The van der Waals surface area contributed by atoms with Crippen LogP contribution in [0.3, 0.4) is 0 Å². The van der Waals surface area contributed by atoms with Crippen molar-refractivity contribution in [2.24, 2.45) is 15.4 Å². The second-order valence-electron chi connectivity index (χ2n) is 7.01. The van der Waals surface area contributed by atoms with Crippen LogP contribution in [0.1, 0.15) is 26.7 Å². The van der Waals surface area contributed by atoms with Gasteiger partial charge in [0.1, 0.15) is 11.9 Å². The van der Waals surface area contributed by atoms with Crippen molar-refractivity contribution in [1.29, 1.82) is 0 Å². The Bertz CT molecular complexity index is 691. The number of nitrogens with zero attached hydrogens (tertiary/aromatic N) is 2.